The first-order valence-electron chi connectivity index (χ1n) is 34.3. The van der Waals surface area contributed by atoms with Gasteiger partial charge in [-0.25, -0.2) is 0 Å². The molecule has 12 unspecified atom stereocenters. The van der Waals surface area contributed by atoms with E-state index in [1.807, 2.05) is 6.08 Å². The van der Waals surface area contributed by atoms with Gasteiger partial charge in [0.2, 0.25) is 5.91 Å². The Kier molecular flexibility index (Phi) is 50.9. The highest BCUT2D eigenvalue weighted by Crippen LogP contribution is 2.30. The van der Waals surface area contributed by atoms with E-state index in [1.54, 1.807) is 6.08 Å². The zero-order chi connectivity index (χ0) is 61.6. The summed E-state index contributed by atoms with van der Waals surface area (Å²) in [4.78, 5) is 13.3. The van der Waals surface area contributed by atoms with Gasteiger partial charge in [-0.1, -0.05) is 266 Å². The molecule has 2 aliphatic heterocycles. The van der Waals surface area contributed by atoms with Crippen molar-refractivity contribution in [2.45, 2.75) is 338 Å². The second kappa shape index (κ2) is 55.3. The lowest BCUT2D eigenvalue weighted by Crippen LogP contribution is -2.65. The molecule has 0 aliphatic carbocycles. The molecule has 2 rings (SSSR count). The number of hydrogen-bond acceptors (Lipinski definition) is 13. The van der Waals surface area contributed by atoms with E-state index < -0.39 is 86.8 Å². The Labute approximate surface area is 516 Å². The number of carbonyl (C=O) groups is 1. The van der Waals surface area contributed by atoms with Crippen molar-refractivity contribution in [3.8, 4) is 0 Å². The summed E-state index contributed by atoms with van der Waals surface area (Å²) in [5, 5.41) is 87.4. The van der Waals surface area contributed by atoms with Crippen LogP contribution in [0.1, 0.15) is 264 Å². The highest BCUT2D eigenvalue weighted by molar-refractivity contribution is 5.76. The minimum absolute atomic E-state index is 0.256. The van der Waals surface area contributed by atoms with E-state index in [-0.39, 0.29) is 18.9 Å². The summed E-state index contributed by atoms with van der Waals surface area (Å²) in [6.07, 6.45) is 59.2. The number of unbranched alkanes of at least 4 members (excludes halogenated alkanes) is 30. The van der Waals surface area contributed by atoms with Crippen molar-refractivity contribution in [3.63, 3.8) is 0 Å². The molecular formula is C71H125NO13. The zero-order valence-electron chi connectivity index (χ0n) is 53.3. The number of nitrogens with one attached hydrogen (secondary N) is 1. The van der Waals surface area contributed by atoms with E-state index >= 15 is 0 Å². The molecule has 85 heavy (non-hydrogen) atoms. The molecule has 12 atom stereocenters. The molecule has 0 aromatic carbocycles. The van der Waals surface area contributed by atoms with Crippen molar-refractivity contribution >= 4 is 5.91 Å². The molecular weight excluding hydrogens is 1070 g/mol. The standard InChI is InChI=1S/C71H125NO13/c1-3-5-7-9-11-13-15-17-19-21-23-25-27-28-29-30-31-33-34-36-38-40-42-44-46-48-50-52-54-60(75)59(58-82-70-68(81)66(79)69(62(57-74)84-70)85-71-67(80)65(78)64(77)61(56-73)83-71)72-63(76)55-53-51-49-47-45-43-41-39-37-35-32-26-24-22-20-18-16-14-12-10-8-6-4-2/h6,8,12,14,18,20,24,26,35,37,44,46,52,54,59-62,64-71,73-75,77-81H,3-5,7,9-11,13,15-17,19,21-23,25,27-34,36,38-43,45,47-51,53,55-58H2,1-2H3,(H,72,76)/b8-6-,14-12-,20-18-,26-24-,37-35-,46-44+,54-52+. The van der Waals surface area contributed by atoms with Crippen LogP contribution < -0.4 is 5.32 Å². The Morgan fingerprint density at radius 2 is 0.824 bits per heavy atom. The molecule has 0 spiro atoms. The smallest absolute Gasteiger partial charge is 0.220 e. The molecule has 0 aromatic rings. The Morgan fingerprint density at radius 1 is 0.435 bits per heavy atom. The lowest BCUT2D eigenvalue weighted by atomic mass is 9.97. The van der Waals surface area contributed by atoms with E-state index in [4.69, 9.17) is 18.9 Å². The number of ether oxygens (including phenoxy) is 4. The second-order valence-electron chi connectivity index (χ2n) is 23.9. The molecule has 0 saturated carbocycles. The van der Waals surface area contributed by atoms with E-state index in [2.05, 4.69) is 92.1 Å². The first-order valence-corrected chi connectivity index (χ1v) is 34.3. The van der Waals surface area contributed by atoms with Crippen molar-refractivity contribution in [3.05, 3.63) is 85.1 Å². The van der Waals surface area contributed by atoms with Crippen molar-refractivity contribution < 1.29 is 64.6 Å². The molecule has 0 radical (unpaired) electrons. The second-order valence-corrected chi connectivity index (χ2v) is 23.9. The van der Waals surface area contributed by atoms with Gasteiger partial charge < -0.3 is 65.1 Å². The summed E-state index contributed by atoms with van der Waals surface area (Å²) in [5.41, 5.74) is 0. The van der Waals surface area contributed by atoms with Gasteiger partial charge in [0, 0.05) is 6.42 Å². The van der Waals surface area contributed by atoms with Crippen LogP contribution in [0.4, 0.5) is 0 Å². The Morgan fingerprint density at radius 3 is 1.29 bits per heavy atom. The van der Waals surface area contributed by atoms with Crippen LogP contribution in [0.5, 0.6) is 0 Å². The number of rotatable bonds is 55. The number of allylic oxidation sites excluding steroid dienone is 13. The molecule has 492 valence electrons. The topological polar surface area (TPSA) is 228 Å². The van der Waals surface area contributed by atoms with Gasteiger partial charge in [0.15, 0.2) is 12.6 Å². The summed E-state index contributed by atoms with van der Waals surface area (Å²) in [7, 11) is 0. The maximum atomic E-state index is 13.3. The number of aliphatic hydroxyl groups excluding tert-OH is 8. The van der Waals surface area contributed by atoms with Crippen molar-refractivity contribution in [2.24, 2.45) is 0 Å². The largest absolute Gasteiger partial charge is 0.394 e. The maximum Gasteiger partial charge on any atom is 0.220 e. The highest BCUT2D eigenvalue weighted by atomic mass is 16.7. The predicted octanol–water partition coefficient (Wildman–Crippen LogP) is 13.6. The lowest BCUT2D eigenvalue weighted by Gasteiger charge is -2.46. The minimum atomic E-state index is -1.80. The van der Waals surface area contributed by atoms with Crippen LogP contribution >= 0.6 is 0 Å². The van der Waals surface area contributed by atoms with Gasteiger partial charge in [-0.05, 0) is 77.0 Å². The molecule has 14 heteroatoms. The summed E-state index contributed by atoms with van der Waals surface area (Å²) >= 11 is 0. The van der Waals surface area contributed by atoms with Gasteiger partial charge in [0.05, 0.1) is 32.0 Å². The number of aliphatic hydroxyl groups is 8. The van der Waals surface area contributed by atoms with E-state index in [0.717, 1.165) is 83.5 Å². The van der Waals surface area contributed by atoms with Crippen molar-refractivity contribution in [2.75, 3.05) is 19.8 Å². The average molecular weight is 1200 g/mol. The lowest BCUT2D eigenvalue weighted by molar-refractivity contribution is -0.359. The molecule has 2 aliphatic rings. The minimum Gasteiger partial charge on any atom is -0.394 e. The molecule has 2 saturated heterocycles. The SMILES string of the molecule is CC/C=C\C/C=C\C/C=C\C/C=C\C/C=C\CCCCCCCCCC(=O)NC(COC1OC(CO)C(OC2OC(CO)C(O)C(O)C2O)C(O)C1O)C(O)/C=C/CC/C=C/CCCCCCCCCCCCCCCCCCCCCCCC. The van der Waals surface area contributed by atoms with E-state index in [1.165, 1.54) is 148 Å². The van der Waals surface area contributed by atoms with Gasteiger partial charge in [0.25, 0.3) is 0 Å². The van der Waals surface area contributed by atoms with E-state index in [9.17, 15) is 45.6 Å². The summed E-state index contributed by atoms with van der Waals surface area (Å²) in [5.74, 6) is -0.261. The maximum absolute atomic E-state index is 13.3. The highest BCUT2D eigenvalue weighted by Gasteiger charge is 2.51. The number of carbonyl (C=O) groups excluding carboxylic acids is 1. The van der Waals surface area contributed by atoms with Crippen LogP contribution in [-0.2, 0) is 23.7 Å². The monoisotopic (exact) mass is 1200 g/mol. The Hall–Kier alpha value is -2.83. The quantitative estimate of drug-likeness (QED) is 0.0204. The van der Waals surface area contributed by atoms with Crippen LogP contribution in [0.2, 0.25) is 0 Å². The molecule has 1 amide bonds. The van der Waals surface area contributed by atoms with Crippen LogP contribution in [-0.4, -0.2) is 140 Å². The fraction of sp³-hybridized carbons (Fsp3) is 0.789. The first kappa shape index (κ1) is 78.3. The van der Waals surface area contributed by atoms with Gasteiger partial charge in [-0.3, -0.25) is 4.79 Å². The summed E-state index contributed by atoms with van der Waals surface area (Å²) < 4.78 is 22.8. The fourth-order valence-corrected chi connectivity index (χ4v) is 10.9. The summed E-state index contributed by atoms with van der Waals surface area (Å²) in [6.45, 7) is 2.68. The number of hydrogen-bond donors (Lipinski definition) is 9. The third-order valence-electron chi connectivity index (χ3n) is 16.3. The molecule has 0 bridgehead atoms. The Balaban J connectivity index is 1.72. The summed E-state index contributed by atoms with van der Waals surface area (Å²) in [6, 6.07) is -0.945. The fourth-order valence-electron chi connectivity index (χ4n) is 10.9. The van der Waals surface area contributed by atoms with Crippen LogP contribution in [0, 0.1) is 0 Å². The van der Waals surface area contributed by atoms with Crippen molar-refractivity contribution in [1.29, 1.82) is 0 Å². The Bertz CT molecular complexity index is 1750. The zero-order valence-corrected chi connectivity index (χ0v) is 53.3. The van der Waals surface area contributed by atoms with Crippen LogP contribution in [0.25, 0.3) is 0 Å². The third kappa shape index (κ3) is 39.7. The number of amides is 1. The average Bonchev–Trinajstić information content (AvgIpc) is 3.68. The van der Waals surface area contributed by atoms with Crippen molar-refractivity contribution in [1.82, 2.24) is 5.32 Å². The van der Waals surface area contributed by atoms with Gasteiger partial charge in [0.1, 0.15) is 48.8 Å². The molecule has 2 fully saturated rings. The van der Waals surface area contributed by atoms with Crippen LogP contribution in [0.3, 0.4) is 0 Å². The molecule has 9 N–H and O–H groups in total. The molecule has 2 heterocycles. The van der Waals surface area contributed by atoms with Gasteiger partial charge >= 0.3 is 0 Å². The first-order chi connectivity index (χ1) is 41.6. The van der Waals surface area contributed by atoms with Gasteiger partial charge in [-0.2, -0.15) is 0 Å². The molecule has 14 nitrogen and oxygen atoms in total. The molecule has 0 aromatic heterocycles. The predicted molar refractivity (Wildman–Crippen MR) is 346 cm³/mol. The van der Waals surface area contributed by atoms with E-state index in [0.29, 0.717) is 12.8 Å². The van der Waals surface area contributed by atoms with Crippen LogP contribution in [0.15, 0.2) is 85.1 Å². The third-order valence-corrected chi connectivity index (χ3v) is 16.3. The normalized spacial score (nSPS) is 24.1. The van der Waals surface area contributed by atoms with Gasteiger partial charge in [-0.15, -0.1) is 0 Å².